The van der Waals surface area contributed by atoms with Crippen molar-refractivity contribution in [3.63, 3.8) is 0 Å². The number of halogens is 1. The van der Waals surface area contributed by atoms with Crippen molar-refractivity contribution in [2.24, 2.45) is 0 Å². The summed E-state index contributed by atoms with van der Waals surface area (Å²) in [5.41, 5.74) is 1.06. The molecule has 0 bridgehead atoms. The molecule has 0 fully saturated rings. The predicted octanol–water partition coefficient (Wildman–Crippen LogP) is 3.55. The van der Waals surface area contributed by atoms with E-state index in [2.05, 4.69) is 15.9 Å². The molecule has 0 amide bonds. The highest BCUT2D eigenvalue weighted by atomic mass is 79.9. The van der Waals surface area contributed by atoms with Gasteiger partial charge in [-0.1, -0.05) is 15.9 Å². The van der Waals surface area contributed by atoms with E-state index in [1.165, 1.54) is 0 Å². The van der Waals surface area contributed by atoms with E-state index in [0.29, 0.717) is 0 Å². The van der Waals surface area contributed by atoms with E-state index in [4.69, 9.17) is 9.47 Å². The van der Waals surface area contributed by atoms with Crippen LogP contribution in [0.5, 0.6) is 11.5 Å². The molecule has 3 heteroatoms. The second-order valence-electron chi connectivity index (χ2n) is 3.37. The molecule has 2 nitrogen and oxygen atoms in total. The Labute approximate surface area is 93.4 Å². The molecule has 0 saturated heterocycles. The van der Waals surface area contributed by atoms with Gasteiger partial charge in [-0.15, -0.1) is 0 Å². The quantitative estimate of drug-likeness (QED) is 0.826. The molecule has 0 atom stereocenters. The van der Waals surface area contributed by atoms with Gasteiger partial charge in [0.1, 0.15) is 0 Å². The molecule has 0 heterocycles. The van der Waals surface area contributed by atoms with Crippen LogP contribution in [0.3, 0.4) is 0 Å². The minimum absolute atomic E-state index is 0.157. The van der Waals surface area contributed by atoms with Gasteiger partial charge in [0.25, 0.3) is 0 Å². The monoisotopic (exact) mass is 258 g/mol. The van der Waals surface area contributed by atoms with Gasteiger partial charge >= 0.3 is 0 Å². The lowest BCUT2D eigenvalue weighted by Gasteiger charge is -2.15. The van der Waals surface area contributed by atoms with Gasteiger partial charge in [-0.05, 0) is 32.9 Å². The van der Waals surface area contributed by atoms with Crippen LogP contribution in [0.15, 0.2) is 16.6 Å². The van der Waals surface area contributed by atoms with Crippen LogP contribution >= 0.6 is 15.9 Å². The molecule has 1 aromatic carbocycles. The van der Waals surface area contributed by atoms with Gasteiger partial charge in [0.2, 0.25) is 0 Å². The summed E-state index contributed by atoms with van der Waals surface area (Å²) in [7, 11) is 1.65. The third kappa shape index (κ3) is 2.41. The lowest BCUT2D eigenvalue weighted by atomic mass is 10.2. The van der Waals surface area contributed by atoms with Crippen LogP contribution in [0.4, 0.5) is 0 Å². The molecule has 0 aliphatic rings. The zero-order valence-electron chi connectivity index (χ0n) is 8.93. The van der Waals surface area contributed by atoms with Crippen LogP contribution in [0.2, 0.25) is 0 Å². The van der Waals surface area contributed by atoms with Gasteiger partial charge in [0, 0.05) is 10.0 Å². The number of rotatable bonds is 3. The molecule has 1 rings (SSSR count). The molecule has 0 saturated carbocycles. The molecular formula is C11H15BrO2. The maximum absolute atomic E-state index is 5.63. The largest absolute Gasteiger partial charge is 0.493 e. The van der Waals surface area contributed by atoms with Crippen molar-refractivity contribution < 1.29 is 9.47 Å². The topological polar surface area (TPSA) is 18.5 Å². The van der Waals surface area contributed by atoms with E-state index < -0.39 is 0 Å². The molecule has 78 valence electrons. The molecule has 1 aromatic rings. The highest BCUT2D eigenvalue weighted by Gasteiger charge is 2.11. The predicted molar refractivity (Wildman–Crippen MR) is 61.2 cm³/mol. The summed E-state index contributed by atoms with van der Waals surface area (Å²) in [4.78, 5) is 0. The first-order valence-electron chi connectivity index (χ1n) is 4.56. The zero-order valence-corrected chi connectivity index (χ0v) is 10.5. The van der Waals surface area contributed by atoms with Gasteiger partial charge in [0.05, 0.1) is 13.2 Å². The highest BCUT2D eigenvalue weighted by molar-refractivity contribution is 9.10. The van der Waals surface area contributed by atoms with Crippen molar-refractivity contribution in [3.05, 3.63) is 22.2 Å². The van der Waals surface area contributed by atoms with Crippen molar-refractivity contribution in [1.29, 1.82) is 0 Å². The maximum atomic E-state index is 5.63. The fourth-order valence-electron chi connectivity index (χ4n) is 1.24. The van der Waals surface area contributed by atoms with E-state index in [1.54, 1.807) is 7.11 Å². The van der Waals surface area contributed by atoms with E-state index in [9.17, 15) is 0 Å². The van der Waals surface area contributed by atoms with Crippen LogP contribution in [0.25, 0.3) is 0 Å². The summed E-state index contributed by atoms with van der Waals surface area (Å²) in [6.07, 6.45) is 0.157. The second kappa shape index (κ2) is 4.69. The molecular weight excluding hydrogens is 244 g/mol. The standard InChI is InChI=1S/C11H15BrO2/c1-7(2)14-10-6-5-9(12)8(3)11(10)13-4/h5-7H,1-4H3. The number of ether oxygens (including phenoxy) is 2. The zero-order chi connectivity index (χ0) is 10.7. The number of hydrogen-bond acceptors (Lipinski definition) is 2. The van der Waals surface area contributed by atoms with E-state index in [-0.39, 0.29) is 6.10 Å². The third-order valence-corrected chi connectivity index (χ3v) is 2.73. The number of methoxy groups -OCH3 is 1. The summed E-state index contributed by atoms with van der Waals surface area (Å²) in [5, 5.41) is 0. The van der Waals surface area contributed by atoms with E-state index >= 15 is 0 Å². The molecule has 0 spiro atoms. The van der Waals surface area contributed by atoms with Gasteiger partial charge in [-0.2, -0.15) is 0 Å². The minimum Gasteiger partial charge on any atom is -0.493 e. The molecule has 0 unspecified atom stereocenters. The Morgan fingerprint density at radius 1 is 1.29 bits per heavy atom. The molecule has 0 aliphatic carbocycles. The van der Waals surface area contributed by atoms with Crippen molar-refractivity contribution in [2.45, 2.75) is 26.9 Å². The average molecular weight is 259 g/mol. The van der Waals surface area contributed by atoms with E-state index in [0.717, 1.165) is 21.5 Å². The number of benzene rings is 1. The first-order chi connectivity index (χ1) is 6.56. The SMILES string of the molecule is COc1c(OC(C)C)ccc(Br)c1C. The van der Waals surface area contributed by atoms with Crippen molar-refractivity contribution in [2.75, 3.05) is 7.11 Å². The molecule has 0 radical (unpaired) electrons. The van der Waals surface area contributed by atoms with Crippen LogP contribution in [-0.4, -0.2) is 13.2 Å². The Kier molecular flexibility index (Phi) is 3.81. The Morgan fingerprint density at radius 2 is 1.93 bits per heavy atom. The third-order valence-electron chi connectivity index (χ3n) is 1.87. The lowest BCUT2D eigenvalue weighted by Crippen LogP contribution is -2.07. The highest BCUT2D eigenvalue weighted by Crippen LogP contribution is 2.35. The summed E-state index contributed by atoms with van der Waals surface area (Å²) < 4.78 is 12.0. The smallest absolute Gasteiger partial charge is 0.164 e. The number of hydrogen-bond donors (Lipinski definition) is 0. The summed E-state index contributed by atoms with van der Waals surface area (Å²) in [6, 6.07) is 3.88. The Bertz CT molecular complexity index is 321. The normalized spacial score (nSPS) is 10.4. The van der Waals surface area contributed by atoms with E-state index in [1.807, 2.05) is 32.9 Å². The average Bonchev–Trinajstić information content (AvgIpc) is 2.11. The van der Waals surface area contributed by atoms with Crippen LogP contribution in [0.1, 0.15) is 19.4 Å². The van der Waals surface area contributed by atoms with Gasteiger partial charge in [-0.25, -0.2) is 0 Å². The van der Waals surface area contributed by atoms with Crippen LogP contribution in [-0.2, 0) is 0 Å². The maximum Gasteiger partial charge on any atom is 0.164 e. The molecule has 0 aliphatic heterocycles. The van der Waals surface area contributed by atoms with Gasteiger partial charge in [0.15, 0.2) is 11.5 Å². The second-order valence-corrected chi connectivity index (χ2v) is 4.22. The first kappa shape index (κ1) is 11.4. The minimum atomic E-state index is 0.157. The summed E-state index contributed by atoms with van der Waals surface area (Å²) >= 11 is 3.45. The van der Waals surface area contributed by atoms with Crippen molar-refractivity contribution in [1.82, 2.24) is 0 Å². The Morgan fingerprint density at radius 3 is 2.43 bits per heavy atom. The summed E-state index contributed by atoms with van der Waals surface area (Å²) in [5.74, 6) is 1.59. The fraction of sp³-hybridized carbons (Fsp3) is 0.455. The van der Waals surface area contributed by atoms with Crippen molar-refractivity contribution >= 4 is 15.9 Å². The first-order valence-corrected chi connectivity index (χ1v) is 5.35. The fourth-order valence-corrected chi connectivity index (χ4v) is 1.56. The van der Waals surface area contributed by atoms with Crippen LogP contribution < -0.4 is 9.47 Å². The molecule has 0 aromatic heterocycles. The van der Waals surface area contributed by atoms with Gasteiger partial charge < -0.3 is 9.47 Å². The molecule has 0 N–H and O–H groups in total. The Balaban J connectivity index is 3.10. The molecule has 14 heavy (non-hydrogen) atoms. The lowest BCUT2D eigenvalue weighted by molar-refractivity contribution is 0.229. The Hall–Kier alpha value is -0.700. The van der Waals surface area contributed by atoms with Gasteiger partial charge in [-0.3, -0.25) is 0 Å². The summed E-state index contributed by atoms with van der Waals surface area (Å²) in [6.45, 7) is 5.99. The van der Waals surface area contributed by atoms with Crippen LogP contribution in [0, 0.1) is 6.92 Å². The van der Waals surface area contributed by atoms with Crippen molar-refractivity contribution in [3.8, 4) is 11.5 Å².